The summed E-state index contributed by atoms with van der Waals surface area (Å²) < 4.78 is 26.7. The Morgan fingerprint density at radius 2 is 1.89 bits per heavy atom. The van der Waals surface area contributed by atoms with Crippen molar-refractivity contribution in [3.8, 4) is 0 Å². The summed E-state index contributed by atoms with van der Waals surface area (Å²) in [5.41, 5.74) is -0.469. The first-order chi connectivity index (χ1) is 8.97. The molecule has 0 aliphatic carbocycles. The molecule has 1 amide bonds. The second kappa shape index (κ2) is 5.50. The van der Waals surface area contributed by atoms with Crippen LogP contribution in [-0.2, 0) is 0 Å². The minimum absolute atomic E-state index is 0.132. The minimum Gasteiger partial charge on any atom is -0.306 e. The van der Waals surface area contributed by atoms with E-state index in [2.05, 4.69) is 10.3 Å². The Morgan fingerprint density at radius 1 is 1.16 bits per heavy atom. The molecule has 0 aliphatic heterocycles. The lowest BCUT2D eigenvalue weighted by Crippen LogP contribution is -2.15. The van der Waals surface area contributed by atoms with E-state index in [9.17, 15) is 13.6 Å². The lowest BCUT2D eigenvalue weighted by molar-refractivity contribution is 0.102. The van der Waals surface area contributed by atoms with Crippen LogP contribution < -0.4 is 5.32 Å². The molecule has 0 saturated carbocycles. The molecule has 1 aromatic carbocycles. The maximum Gasteiger partial charge on any atom is 0.259 e. The van der Waals surface area contributed by atoms with Crippen molar-refractivity contribution in [3.63, 3.8) is 0 Å². The smallest absolute Gasteiger partial charge is 0.259 e. The number of benzene rings is 1. The zero-order valence-corrected chi connectivity index (χ0v) is 10.8. The highest BCUT2D eigenvalue weighted by Gasteiger charge is 2.16. The number of halogens is 4. The lowest BCUT2D eigenvalue weighted by atomic mass is 10.2. The van der Waals surface area contributed by atoms with Crippen LogP contribution in [0.1, 0.15) is 10.4 Å². The van der Waals surface area contributed by atoms with Crippen molar-refractivity contribution in [3.05, 3.63) is 57.7 Å². The van der Waals surface area contributed by atoms with E-state index in [1.807, 2.05) is 0 Å². The van der Waals surface area contributed by atoms with Crippen LogP contribution in [0.5, 0.6) is 0 Å². The number of anilines is 1. The Hall–Kier alpha value is -1.72. The second-order valence-corrected chi connectivity index (χ2v) is 4.34. The van der Waals surface area contributed by atoms with E-state index in [4.69, 9.17) is 23.2 Å². The molecule has 0 unspecified atom stereocenters. The third-order valence-corrected chi connectivity index (χ3v) is 2.71. The highest BCUT2D eigenvalue weighted by Crippen LogP contribution is 2.20. The SMILES string of the molecule is O=C(Nc1cccc(Cl)n1)c1cc(F)c(Cl)cc1F. The quantitative estimate of drug-likeness (QED) is 0.675. The van der Waals surface area contributed by atoms with Gasteiger partial charge in [0.05, 0.1) is 10.6 Å². The van der Waals surface area contributed by atoms with Gasteiger partial charge in [-0.3, -0.25) is 4.79 Å². The van der Waals surface area contributed by atoms with E-state index in [1.54, 1.807) is 6.07 Å². The standard InChI is InChI=1S/C12H6Cl2F2N2O/c13-7-5-8(15)6(4-9(7)16)12(19)18-11-3-1-2-10(14)17-11/h1-5H,(H,17,18,19). The van der Waals surface area contributed by atoms with E-state index in [0.29, 0.717) is 0 Å². The Balaban J connectivity index is 2.28. The maximum atomic E-state index is 13.5. The van der Waals surface area contributed by atoms with E-state index < -0.39 is 28.1 Å². The topological polar surface area (TPSA) is 42.0 Å². The summed E-state index contributed by atoms with van der Waals surface area (Å²) in [7, 11) is 0. The van der Waals surface area contributed by atoms with Gasteiger partial charge in [-0.05, 0) is 24.3 Å². The van der Waals surface area contributed by atoms with Gasteiger partial charge in [0.2, 0.25) is 0 Å². The van der Waals surface area contributed by atoms with Gasteiger partial charge < -0.3 is 5.32 Å². The number of nitrogens with one attached hydrogen (secondary N) is 1. The lowest BCUT2D eigenvalue weighted by Gasteiger charge is -2.06. The molecule has 1 heterocycles. The zero-order valence-electron chi connectivity index (χ0n) is 9.25. The third kappa shape index (κ3) is 3.19. The fourth-order valence-corrected chi connectivity index (χ4v) is 1.67. The molecule has 0 aliphatic rings. The van der Waals surface area contributed by atoms with Crippen molar-refractivity contribution in [2.24, 2.45) is 0 Å². The van der Waals surface area contributed by atoms with Crippen LogP contribution in [0.3, 0.4) is 0 Å². The van der Waals surface area contributed by atoms with E-state index in [1.165, 1.54) is 12.1 Å². The first kappa shape index (κ1) is 13.7. The van der Waals surface area contributed by atoms with E-state index >= 15 is 0 Å². The predicted molar refractivity (Wildman–Crippen MR) is 68.6 cm³/mol. The highest BCUT2D eigenvalue weighted by atomic mass is 35.5. The number of aromatic nitrogens is 1. The van der Waals surface area contributed by atoms with Crippen LogP contribution in [0.2, 0.25) is 10.2 Å². The molecule has 0 spiro atoms. The summed E-state index contributed by atoms with van der Waals surface area (Å²) in [6, 6.07) is 5.99. The molecule has 3 nitrogen and oxygen atoms in total. The van der Waals surface area contributed by atoms with E-state index in [-0.39, 0.29) is 11.0 Å². The molecule has 1 aromatic heterocycles. The molecule has 0 radical (unpaired) electrons. The van der Waals surface area contributed by atoms with Gasteiger partial charge in [-0.25, -0.2) is 13.8 Å². The van der Waals surface area contributed by atoms with Gasteiger partial charge in [-0.15, -0.1) is 0 Å². The Kier molecular flexibility index (Phi) is 3.97. The van der Waals surface area contributed by atoms with Gasteiger partial charge in [-0.2, -0.15) is 0 Å². The van der Waals surface area contributed by atoms with Crippen LogP contribution in [0, 0.1) is 11.6 Å². The average molecular weight is 303 g/mol. The largest absolute Gasteiger partial charge is 0.306 e. The highest BCUT2D eigenvalue weighted by molar-refractivity contribution is 6.31. The van der Waals surface area contributed by atoms with Crippen LogP contribution in [0.15, 0.2) is 30.3 Å². The van der Waals surface area contributed by atoms with Gasteiger partial charge in [0.15, 0.2) is 0 Å². The average Bonchev–Trinajstić information content (AvgIpc) is 2.33. The summed E-state index contributed by atoms with van der Waals surface area (Å²) in [5.74, 6) is -2.52. The summed E-state index contributed by atoms with van der Waals surface area (Å²) in [6.45, 7) is 0. The van der Waals surface area contributed by atoms with Crippen molar-refractivity contribution in [1.29, 1.82) is 0 Å². The molecule has 2 rings (SSSR count). The molecular weight excluding hydrogens is 297 g/mol. The third-order valence-electron chi connectivity index (χ3n) is 2.21. The Morgan fingerprint density at radius 3 is 2.58 bits per heavy atom. The molecule has 0 bridgehead atoms. The molecule has 2 aromatic rings. The summed E-state index contributed by atoms with van der Waals surface area (Å²) in [6.07, 6.45) is 0. The van der Waals surface area contributed by atoms with Gasteiger partial charge in [0.1, 0.15) is 22.6 Å². The number of pyridine rings is 1. The number of amides is 1. The van der Waals surface area contributed by atoms with E-state index in [0.717, 1.165) is 12.1 Å². The minimum atomic E-state index is -0.925. The molecular formula is C12H6Cl2F2N2O. The molecule has 7 heteroatoms. The number of rotatable bonds is 2. The first-order valence-corrected chi connectivity index (χ1v) is 5.81. The zero-order chi connectivity index (χ0) is 14.0. The molecule has 98 valence electrons. The molecule has 0 atom stereocenters. The van der Waals surface area contributed by atoms with Crippen LogP contribution >= 0.6 is 23.2 Å². The van der Waals surface area contributed by atoms with Gasteiger partial charge in [0, 0.05) is 0 Å². The van der Waals surface area contributed by atoms with Gasteiger partial charge in [0.25, 0.3) is 5.91 Å². The second-order valence-electron chi connectivity index (χ2n) is 3.55. The predicted octanol–water partition coefficient (Wildman–Crippen LogP) is 3.92. The molecule has 19 heavy (non-hydrogen) atoms. The first-order valence-electron chi connectivity index (χ1n) is 5.06. The van der Waals surface area contributed by atoms with Gasteiger partial charge in [-0.1, -0.05) is 29.3 Å². The van der Waals surface area contributed by atoms with Crippen LogP contribution in [-0.4, -0.2) is 10.9 Å². The van der Waals surface area contributed by atoms with Crippen molar-refractivity contribution in [2.45, 2.75) is 0 Å². The number of carbonyl (C=O) groups is 1. The number of carbonyl (C=O) groups excluding carboxylic acids is 1. The number of hydrogen-bond donors (Lipinski definition) is 1. The normalized spacial score (nSPS) is 10.3. The summed E-state index contributed by atoms with van der Waals surface area (Å²) >= 11 is 11.0. The van der Waals surface area contributed by atoms with Crippen molar-refractivity contribution < 1.29 is 13.6 Å². The molecule has 0 fully saturated rings. The fourth-order valence-electron chi connectivity index (χ4n) is 1.36. The number of nitrogens with zero attached hydrogens (tertiary/aromatic N) is 1. The summed E-state index contributed by atoms with van der Waals surface area (Å²) in [5, 5.41) is 2.08. The van der Waals surface area contributed by atoms with Crippen molar-refractivity contribution in [1.82, 2.24) is 4.98 Å². The van der Waals surface area contributed by atoms with Crippen LogP contribution in [0.4, 0.5) is 14.6 Å². The van der Waals surface area contributed by atoms with Gasteiger partial charge >= 0.3 is 0 Å². The fraction of sp³-hybridized carbons (Fsp3) is 0. The number of hydrogen-bond acceptors (Lipinski definition) is 2. The Labute approximate surface area is 117 Å². The van der Waals surface area contributed by atoms with Crippen molar-refractivity contribution in [2.75, 3.05) is 5.32 Å². The summed E-state index contributed by atoms with van der Waals surface area (Å²) in [4.78, 5) is 15.6. The molecule has 1 N–H and O–H groups in total. The maximum absolute atomic E-state index is 13.5. The monoisotopic (exact) mass is 302 g/mol. The van der Waals surface area contributed by atoms with Crippen LogP contribution in [0.25, 0.3) is 0 Å². The van der Waals surface area contributed by atoms with Crippen molar-refractivity contribution >= 4 is 34.9 Å². The Bertz CT molecular complexity index is 650. The molecule has 0 saturated heterocycles.